The molecule has 5 nitrogen and oxygen atoms in total. The second kappa shape index (κ2) is 8.97. The smallest absolute Gasteiger partial charge is 0.347 e. The van der Waals surface area contributed by atoms with E-state index < -0.39 is 5.63 Å². The number of aromatic nitrogens is 1. The Labute approximate surface area is 202 Å². The molecule has 1 aliphatic rings. The number of ketones is 1. The molecule has 1 saturated carbocycles. The Bertz CT molecular complexity index is 1480. The van der Waals surface area contributed by atoms with E-state index in [2.05, 4.69) is 22.0 Å². The SMILES string of the molecule is N#Cc1c(-c2ccc(Br)cc2)cc(C2CC2)nc1SCC(=O)c1cc2ccccc2oc1=O. The van der Waals surface area contributed by atoms with Gasteiger partial charge in [0.2, 0.25) is 0 Å². The molecule has 2 aromatic heterocycles. The summed E-state index contributed by atoms with van der Waals surface area (Å²) in [5.41, 5.74) is 2.89. The first-order chi connectivity index (χ1) is 16.0. The van der Waals surface area contributed by atoms with Gasteiger partial charge < -0.3 is 4.42 Å². The molecule has 0 amide bonds. The van der Waals surface area contributed by atoms with Crippen LogP contribution >= 0.6 is 27.7 Å². The van der Waals surface area contributed by atoms with Crippen LogP contribution in [0.2, 0.25) is 0 Å². The van der Waals surface area contributed by atoms with Crippen molar-refractivity contribution in [2.24, 2.45) is 0 Å². The first kappa shape index (κ1) is 21.6. The molecule has 0 N–H and O–H groups in total. The third-order valence-electron chi connectivity index (χ3n) is 5.55. The summed E-state index contributed by atoms with van der Waals surface area (Å²) in [6.07, 6.45) is 2.14. The highest BCUT2D eigenvalue weighted by Gasteiger charge is 2.28. The normalized spacial score (nSPS) is 13.1. The van der Waals surface area contributed by atoms with Gasteiger partial charge in [0, 0.05) is 27.0 Å². The zero-order valence-corrected chi connectivity index (χ0v) is 19.8. The highest BCUT2D eigenvalue weighted by Crippen LogP contribution is 2.42. The molecule has 2 aromatic carbocycles. The van der Waals surface area contributed by atoms with Crippen molar-refractivity contribution in [1.29, 1.82) is 5.26 Å². The molecule has 1 fully saturated rings. The minimum Gasteiger partial charge on any atom is -0.422 e. The van der Waals surface area contributed by atoms with Gasteiger partial charge >= 0.3 is 5.63 Å². The quantitative estimate of drug-likeness (QED) is 0.169. The molecule has 7 heteroatoms. The first-order valence-corrected chi connectivity index (χ1v) is 12.2. The maximum absolute atomic E-state index is 12.9. The third kappa shape index (κ3) is 4.50. The molecule has 162 valence electrons. The number of halogens is 1. The fraction of sp³-hybridized carbons (Fsp3) is 0.154. The van der Waals surface area contributed by atoms with Gasteiger partial charge in [0.15, 0.2) is 5.78 Å². The van der Waals surface area contributed by atoms with Gasteiger partial charge in [-0.2, -0.15) is 5.26 Å². The van der Waals surface area contributed by atoms with Gasteiger partial charge in [0.25, 0.3) is 0 Å². The number of Topliss-reactive ketones (excluding diaryl/α,β-unsaturated/α-hetero) is 1. The van der Waals surface area contributed by atoms with E-state index in [1.165, 1.54) is 11.8 Å². The molecule has 2 heterocycles. The topological polar surface area (TPSA) is 84.0 Å². The third-order valence-corrected chi connectivity index (χ3v) is 7.05. The van der Waals surface area contributed by atoms with Crippen molar-refractivity contribution in [3.8, 4) is 17.2 Å². The van der Waals surface area contributed by atoms with Gasteiger partial charge in [0.1, 0.15) is 22.2 Å². The average molecular weight is 517 g/mol. The molecular formula is C26H17BrN2O3S. The molecule has 0 saturated heterocycles. The molecular weight excluding hydrogens is 500 g/mol. The summed E-state index contributed by atoms with van der Waals surface area (Å²) in [6.45, 7) is 0. The van der Waals surface area contributed by atoms with Gasteiger partial charge in [-0.25, -0.2) is 9.78 Å². The lowest BCUT2D eigenvalue weighted by molar-refractivity contribution is 0.101. The lowest BCUT2D eigenvalue weighted by Gasteiger charge is -2.12. The Kier molecular flexibility index (Phi) is 5.88. The van der Waals surface area contributed by atoms with Crippen molar-refractivity contribution in [2.75, 3.05) is 5.75 Å². The molecule has 5 rings (SSSR count). The Hall–Kier alpha value is -3.21. The number of nitrogens with zero attached hydrogens (tertiary/aromatic N) is 2. The number of fused-ring (bicyclic) bond motifs is 1. The number of hydrogen-bond acceptors (Lipinski definition) is 6. The molecule has 33 heavy (non-hydrogen) atoms. The minimum atomic E-state index is -0.657. The van der Waals surface area contributed by atoms with E-state index in [0.717, 1.165) is 34.1 Å². The predicted molar refractivity (Wildman–Crippen MR) is 132 cm³/mol. The van der Waals surface area contributed by atoms with Crippen molar-refractivity contribution >= 4 is 44.4 Å². The first-order valence-electron chi connectivity index (χ1n) is 10.4. The Morgan fingerprint density at radius 2 is 1.91 bits per heavy atom. The van der Waals surface area contributed by atoms with Crippen LogP contribution in [0, 0.1) is 11.3 Å². The molecule has 0 aliphatic heterocycles. The maximum atomic E-state index is 12.9. The van der Waals surface area contributed by atoms with Crippen LogP contribution in [-0.2, 0) is 0 Å². The van der Waals surface area contributed by atoms with Gasteiger partial charge in [0.05, 0.1) is 11.3 Å². The average Bonchev–Trinajstić information content (AvgIpc) is 3.67. The fourth-order valence-electron chi connectivity index (χ4n) is 3.67. The summed E-state index contributed by atoms with van der Waals surface area (Å²) in [7, 11) is 0. The van der Waals surface area contributed by atoms with E-state index in [1.54, 1.807) is 24.3 Å². The van der Waals surface area contributed by atoms with Crippen molar-refractivity contribution in [3.05, 3.63) is 92.4 Å². The molecule has 0 radical (unpaired) electrons. The van der Waals surface area contributed by atoms with Gasteiger partial charge in [-0.15, -0.1) is 0 Å². The standard InChI is InChI=1S/C26H17BrN2O3S/c27-18-9-7-15(8-10-18)19-12-22(16-5-6-16)29-25(21(19)13-28)33-14-23(30)20-11-17-3-1-2-4-24(17)32-26(20)31/h1-4,7-12,16H,5-6,14H2. The molecule has 0 bridgehead atoms. The van der Waals surface area contributed by atoms with E-state index in [9.17, 15) is 14.9 Å². The number of hydrogen-bond donors (Lipinski definition) is 0. The van der Waals surface area contributed by atoms with Gasteiger partial charge in [-0.05, 0) is 48.7 Å². The summed E-state index contributed by atoms with van der Waals surface area (Å²) in [6, 6.07) is 20.7. The van der Waals surface area contributed by atoms with E-state index in [1.807, 2.05) is 36.4 Å². The predicted octanol–water partition coefficient (Wildman–Crippen LogP) is 6.34. The van der Waals surface area contributed by atoms with Crippen LogP contribution in [0.25, 0.3) is 22.1 Å². The van der Waals surface area contributed by atoms with Crippen LogP contribution < -0.4 is 5.63 Å². The lowest BCUT2D eigenvalue weighted by atomic mass is 10.0. The zero-order valence-electron chi connectivity index (χ0n) is 17.4. The number of pyridine rings is 1. The summed E-state index contributed by atoms with van der Waals surface area (Å²) in [5.74, 6) is 0.0142. The van der Waals surface area contributed by atoms with Gasteiger partial charge in [-0.1, -0.05) is 58.0 Å². The lowest BCUT2D eigenvalue weighted by Crippen LogP contribution is -2.15. The molecule has 4 aromatic rings. The number of carbonyl (C=O) groups excluding carboxylic acids is 1. The number of nitriles is 1. The second-order valence-electron chi connectivity index (χ2n) is 7.87. The van der Waals surface area contributed by atoms with Crippen LogP contribution in [0.5, 0.6) is 0 Å². The minimum absolute atomic E-state index is 0.00573. The highest BCUT2D eigenvalue weighted by molar-refractivity contribution is 9.10. The number of rotatable bonds is 6. The zero-order chi connectivity index (χ0) is 22.9. The Morgan fingerprint density at radius 1 is 1.15 bits per heavy atom. The largest absolute Gasteiger partial charge is 0.422 e. The van der Waals surface area contributed by atoms with Crippen LogP contribution in [0.4, 0.5) is 0 Å². The van der Waals surface area contributed by atoms with Crippen molar-refractivity contribution < 1.29 is 9.21 Å². The fourth-order valence-corrected chi connectivity index (χ4v) is 4.82. The summed E-state index contributed by atoms with van der Waals surface area (Å²) < 4.78 is 6.25. The van der Waals surface area contributed by atoms with Crippen LogP contribution in [0.15, 0.2) is 79.4 Å². The molecule has 0 unspecified atom stereocenters. The number of thioether (sulfide) groups is 1. The molecule has 0 atom stereocenters. The van der Waals surface area contributed by atoms with Crippen molar-refractivity contribution in [3.63, 3.8) is 0 Å². The number of para-hydroxylation sites is 1. The molecule has 1 aliphatic carbocycles. The van der Waals surface area contributed by atoms with Crippen molar-refractivity contribution in [1.82, 2.24) is 4.98 Å². The monoisotopic (exact) mass is 516 g/mol. The van der Waals surface area contributed by atoms with Gasteiger partial charge in [-0.3, -0.25) is 4.79 Å². The van der Waals surface area contributed by atoms with Crippen LogP contribution in [0.1, 0.15) is 40.4 Å². The van der Waals surface area contributed by atoms with Crippen LogP contribution in [-0.4, -0.2) is 16.5 Å². The Balaban J connectivity index is 1.49. The van der Waals surface area contributed by atoms with E-state index in [-0.39, 0.29) is 17.1 Å². The maximum Gasteiger partial charge on any atom is 0.347 e. The van der Waals surface area contributed by atoms with Crippen LogP contribution in [0.3, 0.4) is 0 Å². The summed E-state index contributed by atoms with van der Waals surface area (Å²) in [4.78, 5) is 30.0. The van der Waals surface area contributed by atoms with E-state index >= 15 is 0 Å². The number of benzene rings is 2. The molecule has 0 spiro atoms. The van der Waals surface area contributed by atoms with E-state index in [0.29, 0.717) is 27.5 Å². The number of carbonyl (C=O) groups is 1. The Morgan fingerprint density at radius 3 is 2.64 bits per heavy atom. The second-order valence-corrected chi connectivity index (χ2v) is 9.74. The van der Waals surface area contributed by atoms with E-state index in [4.69, 9.17) is 9.40 Å². The van der Waals surface area contributed by atoms with Crippen molar-refractivity contribution in [2.45, 2.75) is 23.8 Å². The highest BCUT2D eigenvalue weighted by atomic mass is 79.9. The summed E-state index contributed by atoms with van der Waals surface area (Å²) in [5, 5.41) is 11.1. The summed E-state index contributed by atoms with van der Waals surface area (Å²) >= 11 is 4.63.